The van der Waals surface area contributed by atoms with Crippen LogP contribution in [-0.2, 0) is 0 Å². The molecule has 19 heavy (non-hydrogen) atoms. The molecule has 3 nitrogen and oxygen atoms in total. The molecule has 2 unspecified atom stereocenters. The zero-order chi connectivity index (χ0) is 12.5. The summed E-state index contributed by atoms with van der Waals surface area (Å²) in [6, 6.07) is 9.03. The summed E-state index contributed by atoms with van der Waals surface area (Å²) < 4.78 is 0. The molecule has 3 rings (SSSR count). The van der Waals surface area contributed by atoms with Gasteiger partial charge in [-0.15, -0.1) is 12.4 Å². The second-order valence-electron chi connectivity index (χ2n) is 5.54. The van der Waals surface area contributed by atoms with Crippen LogP contribution in [0.15, 0.2) is 24.3 Å². The number of nitrogens with zero attached hydrogens (tertiary/aromatic N) is 1. The van der Waals surface area contributed by atoms with E-state index < -0.39 is 0 Å². The van der Waals surface area contributed by atoms with Crippen molar-refractivity contribution in [3.8, 4) is 0 Å². The Bertz CT molecular complexity index is 446. The lowest BCUT2D eigenvalue weighted by Crippen LogP contribution is -2.39. The smallest absolute Gasteiger partial charge is 0.253 e. The Morgan fingerprint density at radius 1 is 1.16 bits per heavy atom. The molecule has 2 heterocycles. The highest BCUT2D eigenvalue weighted by molar-refractivity contribution is 5.94. The fraction of sp³-hybridized carbons (Fsp3) is 0.533. The molecular formula is C15H21ClN2O. The van der Waals surface area contributed by atoms with Crippen LogP contribution < -0.4 is 5.32 Å². The average Bonchev–Trinajstić information content (AvgIpc) is 2.69. The normalized spacial score (nSPS) is 25.6. The van der Waals surface area contributed by atoms with Crippen molar-refractivity contribution in [1.82, 2.24) is 10.2 Å². The zero-order valence-electron chi connectivity index (χ0n) is 11.3. The monoisotopic (exact) mass is 280 g/mol. The largest absolute Gasteiger partial charge is 0.337 e. The minimum atomic E-state index is 0. The van der Waals surface area contributed by atoms with Gasteiger partial charge in [0.15, 0.2) is 0 Å². The molecule has 2 aliphatic heterocycles. The third-order valence-electron chi connectivity index (χ3n) is 4.11. The van der Waals surface area contributed by atoms with E-state index in [4.69, 9.17) is 0 Å². The van der Waals surface area contributed by atoms with E-state index in [0.29, 0.717) is 12.1 Å². The number of halogens is 1. The van der Waals surface area contributed by atoms with Gasteiger partial charge < -0.3 is 10.2 Å². The van der Waals surface area contributed by atoms with Gasteiger partial charge in [0.1, 0.15) is 0 Å². The van der Waals surface area contributed by atoms with Gasteiger partial charge in [-0.05, 0) is 38.3 Å². The summed E-state index contributed by atoms with van der Waals surface area (Å²) in [6.45, 7) is 3.80. The molecular weight excluding hydrogens is 260 g/mol. The quantitative estimate of drug-likeness (QED) is 0.857. The number of carbonyl (C=O) groups excluding carboxylic acids is 1. The molecule has 1 aromatic rings. The van der Waals surface area contributed by atoms with Crippen molar-refractivity contribution in [3.05, 3.63) is 35.4 Å². The second kappa shape index (κ2) is 5.93. The van der Waals surface area contributed by atoms with E-state index in [1.165, 1.54) is 18.4 Å². The van der Waals surface area contributed by atoms with Crippen LogP contribution >= 0.6 is 12.4 Å². The highest BCUT2D eigenvalue weighted by Crippen LogP contribution is 2.21. The fourth-order valence-corrected chi connectivity index (χ4v) is 3.01. The molecule has 1 N–H and O–H groups in total. The zero-order valence-corrected chi connectivity index (χ0v) is 12.1. The molecule has 2 fully saturated rings. The molecule has 2 aliphatic rings. The Balaban J connectivity index is 0.00000133. The maximum absolute atomic E-state index is 12.4. The molecule has 2 atom stereocenters. The lowest BCUT2D eigenvalue weighted by atomic mass is 10.1. The third-order valence-corrected chi connectivity index (χ3v) is 4.11. The van der Waals surface area contributed by atoms with Crippen LogP contribution in [0, 0.1) is 6.92 Å². The Morgan fingerprint density at radius 2 is 1.84 bits per heavy atom. The van der Waals surface area contributed by atoms with Crippen molar-refractivity contribution in [3.63, 3.8) is 0 Å². The van der Waals surface area contributed by atoms with Crippen molar-refractivity contribution in [1.29, 1.82) is 0 Å². The van der Waals surface area contributed by atoms with Crippen LogP contribution in [0.5, 0.6) is 0 Å². The standard InChI is InChI=1S/C15H20N2O.ClH/c1-11-2-4-12(5-3-11)15(18)17-9-8-13-6-7-14(10-17)16-13;/h2-5,13-14,16H,6-10H2,1H3;1H. The number of benzene rings is 1. The second-order valence-corrected chi connectivity index (χ2v) is 5.54. The van der Waals surface area contributed by atoms with Crippen molar-refractivity contribution in [2.24, 2.45) is 0 Å². The van der Waals surface area contributed by atoms with E-state index in [1.807, 2.05) is 36.1 Å². The van der Waals surface area contributed by atoms with E-state index in [1.54, 1.807) is 0 Å². The van der Waals surface area contributed by atoms with Crippen molar-refractivity contribution in [2.45, 2.75) is 38.3 Å². The molecule has 0 aromatic heterocycles. The fourth-order valence-electron chi connectivity index (χ4n) is 3.01. The van der Waals surface area contributed by atoms with Crippen molar-refractivity contribution in [2.75, 3.05) is 13.1 Å². The van der Waals surface area contributed by atoms with E-state index in [-0.39, 0.29) is 18.3 Å². The lowest BCUT2D eigenvalue weighted by Gasteiger charge is -2.24. The van der Waals surface area contributed by atoms with Crippen LogP contribution in [0.3, 0.4) is 0 Å². The molecule has 2 saturated heterocycles. The number of fused-ring (bicyclic) bond motifs is 2. The van der Waals surface area contributed by atoms with Crippen LogP contribution in [-0.4, -0.2) is 36.0 Å². The molecule has 1 aromatic carbocycles. The summed E-state index contributed by atoms with van der Waals surface area (Å²) in [5.74, 6) is 0.185. The summed E-state index contributed by atoms with van der Waals surface area (Å²) >= 11 is 0. The minimum absolute atomic E-state index is 0. The number of carbonyl (C=O) groups is 1. The summed E-state index contributed by atoms with van der Waals surface area (Å²) in [5.41, 5.74) is 2.02. The molecule has 0 spiro atoms. The predicted octanol–water partition coefficient (Wildman–Crippen LogP) is 2.38. The summed E-state index contributed by atoms with van der Waals surface area (Å²) in [6.07, 6.45) is 3.58. The van der Waals surface area contributed by atoms with Gasteiger partial charge in [-0.3, -0.25) is 4.79 Å². The van der Waals surface area contributed by atoms with Gasteiger partial charge in [0, 0.05) is 30.7 Å². The molecule has 1 amide bonds. The third kappa shape index (κ3) is 3.10. The van der Waals surface area contributed by atoms with Crippen LogP contribution in [0.25, 0.3) is 0 Å². The first-order valence-corrected chi connectivity index (χ1v) is 6.84. The van der Waals surface area contributed by atoms with E-state index in [0.717, 1.165) is 25.1 Å². The first kappa shape index (κ1) is 14.4. The maximum Gasteiger partial charge on any atom is 0.253 e. The van der Waals surface area contributed by atoms with Crippen LogP contribution in [0.1, 0.15) is 35.2 Å². The van der Waals surface area contributed by atoms with Crippen molar-refractivity contribution < 1.29 is 4.79 Å². The van der Waals surface area contributed by atoms with Gasteiger partial charge in [-0.2, -0.15) is 0 Å². The number of aryl methyl sites for hydroxylation is 1. The Morgan fingerprint density at radius 3 is 2.58 bits per heavy atom. The number of rotatable bonds is 1. The Labute approximate surface area is 120 Å². The summed E-state index contributed by atoms with van der Waals surface area (Å²) in [4.78, 5) is 14.5. The van der Waals surface area contributed by atoms with E-state index in [2.05, 4.69) is 5.32 Å². The summed E-state index contributed by atoms with van der Waals surface area (Å²) in [7, 11) is 0. The number of hydrogen-bond donors (Lipinski definition) is 1. The van der Waals surface area contributed by atoms with Gasteiger partial charge in [0.05, 0.1) is 0 Å². The van der Waals surface area contributed by atoms with Gasteiger partial charge in [0.25, 0.3) is 5.91 Å². The molecule has 0 aliphatic carbocycles. The lowest BCUT2D eigenvalue weighted by molar-refractivity contribution is 0.0748. The highest BCUT2D eigenvalue weighted by atomic mass is 35.5. The van der Waals surface area contributed by atoms with Crippen LogP contribution in [0.4, 0.5) is 0 Å². The highest BCUT2D eigenvalue weighted by Gasteiger charge is 2.31. The topological polar surface area (TPSA) is 32.3 Å². The van der Waals surface area contributed by atoms with Crippen LogP contribution in [0.2, 0.25) is 0 Å². The molecule has 2 bridgehead atoms. The SMILES string of the molecule is Cc1ccc(C(=O)N2CCC3CCC(C2)N3)cc1.Cl. The van der Waals surface area contributed by atoms with Gasteiger partial charge in [-0.1, -0.05) is 17.7 Å². The predicted molar refractivity (Wildman–Crippen MR) is 78.9 cm³/mol. The Kier molecular flexibility index (Phi) is 4.48. The van der Waals surface area contributed by atoms with Gasteiger partial charge in [0.2, 0.25) is 0 Å². The average molecular weight is 281 g/mol. The first-order chi connectivity index (χ1) is 8.72. The molecule has 4 heteroatoms. The molecule has 0 radical (unpaired) electrons. The Hall–Kier alpha value is -1.06. The number of amides is 1. The number of nitrogens with one attached hydrogen (secondary N) is 1. The van der Waals surface area contributed by atoms with Gasteiger partial charge >= 0.3 is 0 Å². The van der Waals surface area contributed by atoms with Gasteiger partial charge in [-0.25, -0.2) is 0 Å². The van der Waals surface area contributed by atoms with Crippen molar-refractivity contribution >= 4 is 18.3 Å². The summed E-state index contributed by atoms with van der Waals surface area (Å²) in [5, 5.41) is 3.60. The maximum atomic E-state index is 12.4. The van der Waals surface area contributed by atoms with E-state index in [9.17, 15) is 4.79 Å². The minimum Gasteiger partial charge on any atom is -0.337 e. The molecule has 104 valence electrons. The number of likely N-dealkylation sites (tertiary alicyclic amines) is 1. The molecule has 0 saturated carbocycles. The number of hydrogen-bond acceptors (Lipinski definition) is 2. The first-order valence-electron chi connectivity index (χ1n) is 6.84. The van der Waals surface area contributed by atoms with E-state index >= 15 is 0 Å².